The third-order valence-electron chi connectivity index (χ3n) is 2.13. The molecular formula is C8H8O3. The predicted octanol–water partition coefficient (Wildman–Crippen LogP) is 0.593. The van der Waals surface area contributed by atoms with Crippen LogP contribution in [0.25, 0.3) is 0 Å². The molecule has 0 unspecified atom stereocenters. The number of ketones is 1. The predicted molar refractivity (Wildman–Crippen MR) is 36.8 cm³/mol. The van der Waals surface area contributed by atoms with Crippen LogP contribution in [-0.2, 0) is 14.3 Å². The molecule has 11 heavy (non-hydrogen) atoms. The average molecular weight is 152 g/mol. The van der Waals surface area contributed by atoms with E-state index < -0.39 is 0 Å². The Hall–Kier alpha value is -1.12. The summed E-state index contributed by atoms with van der Waals surface area (Å²) < 4.78 is 4.74. The quantitative estimate of drug-likeness (QED) is 0.477. The SMILES string of the molecule is O=C1CCCC2=C1COC2=O. The molecule has 0 radical (unpaired) electrons. The van der Waals surface area contributed by atoms with E-state index in [1.165, 1.54) is 0 Å². The van der Waals surface area contributed by atoms with E-state index in [9.17, 15) is 9.59 Å². The van der Waals surface area contributed by atoms with Gasteiger partial charge in [-0.1, -0.05) is 0 Å². The Bertz CT molecular complexity index is 263. The lowest BCUT2D eigenvalue weighted by Gasteiger charge is -2.07. The van der Waals surface area contributed by atoms with Crippen molar-refractivity contribution in [2.45, 2.75) is 19.3 Å². The summed E-state index contributed by atoms with van der Waals surface area (Å²) in [6.07, 6.45) is 2.10. The summed E-state index contributed by atoms with van der Waals surface area (Å²) in [6.45, 7) is 0.215. The van der Waals surface area contributed by atoms with Gasteiger partial charge in [-0.3, -0.25) is 4.79 Å². The Kier molecular flexibility index (Phi) is 1.31. The molecule has 0 aromatic heterocycles. The molecule has 0 saturated heterocycles. The van der Waals surface area contributed by atoms with Crippen LogP contribution in [0, 0.1) is 0 Å². The van der Waals surface area contributed by atoms with E-state index in [1.807, 2.05) is 0 Å². The van der Waals surface area contributed by atoms with E-state index in [0.29, 0.717) is 17.6 Å². The third-order valence-corrected chi connectivity index (χ3v) is 2.13. The summed E-state index contributed by atoms with van der Waals surface area (Å²) in [7, 11) is 0. The van der Waals surface area contributed by atoms with Crippen LogP contribution in [0.4, 0.5) is 0 Å². The minimum Gasteiger partial charge on any atom is -0.457 e. The second-order valence-corrected chi connectivity index (χ2v) is 2.81. The van der Waals surface area contributed by atoms with E-state index in [-0.39, 0.29) is 18.4 Å². The molecule has 1 aliphatic heterocycles. The van der Waals surface area contributed by atoms with Gasteiger partial charge in [-0.15, -0.1) is 0 Å². The number of carbonyl (C=O) groups is 2. The van der Waals surface area contributed by atoms with Gasteiger partial charge in [0.15, 0.2) is 5.78 Å². The first-order chi connectivity index (χ1) is 5.29. The largest absolute Gasteiger partial charge is 0.457 e. The summed E-state index contributed by atoms with van der Waals surface area (Å²) in [5, 5.41) is 0. The highest BCUT2D eigenvalue weighted by Crippen LogP contribution is 2.27. The normalized spacial score (nSPS) is 23.6. The van der Waals surface area contributed by atoms with Crippen LogP contribution in [-0.4, -0.2) is 18.4 Å². The first-order valence-electron chi connectivity index (χ1n) is 3.71. The smallest absolute Gasteiger partial charge is 0.334 e. The Labute approximate surface area is 64.0 Å². The molecule has 1 heterocycles. The highest BCUT2D eigenvalue weighted by Gasteiger charge is 2.31. The molecule has 0 saturated carbocycles. The maximum absolute atomic E-state index is 11.1. The summed E-state index contributed by atoms with van der Waals surface area (Å²) >= 11 is 0. The van der Waals surface area contributed by atoms with Crippen molar-refractivity contribution in [2.24, 2.45) is 0 Å². The number of hydrogen-bond acceptors (Lipinski definition) is 3. The van der Waals surface area contributed by atoms with Crippen molar-refractivity contribution in [3.05, 3.63) is 11.1 Å². The van der Waals surface area contributed by atoms with E-state index >= 15 is 0 Å². The lowest BCUT2D eigenvalue weighted by atomic mass is 9.93. The molecule has 58 valence electrons. The lowest BCUT2D eigenvalue weighted by molar-refractivity contribution is -0.136. The molecular weight excluding hydrogens is 144 g/mol. The fourth-order valence-corrected chi connectivity index (χ4v) is 1.51. The molecule has 0 bridgehead atoms. The second-order valence-electron chi connectivity index (χ2n) is 2.81. The van der Waals surface area contributed by atoms with E-state index in [2.05, 4.69) is 0 Å². The molecule has 0 spiro atoms. The third kappa shape index (κ3) is 0.878. The van der Waals surface area contributed by atoms with Crippen molar-refractivity contribution in [1.29, 1.82) is 0 Å². The molecule has 0 N–H and O–H groups in total. The maximum atomic E-state index is 11.1. The summed E-state index contributed by atoms with van der Waals surface area (Å²) in [5.41, 5.74) is 1.25. The van der Waals surface area contributed by atoms with Crippen LogP contribution in [0.3, 0.4) is 0 Å². The van der Waals surface area contributed by atoms with Gasteiger partial charge in [-0.05, 0) is 12.8 Å². The maximum Gasteiger partial charge on any atom is 0.334 e. The molecule has 3 nitrogen and oxygen atoms in total. The standard InChI is InChI=1S/C8H8O3/c9-7-3-1-2-5-6(7)4-11-8(5)10/h1-4H2. The Morgan fingerprint density at radius 3 is 2.64 bits per heavy atom. The van der Waals surface area contributed by atoms with Crippen molar-refractivity contribution in [2.75, 3.05) is 6.61 Å². The van der Waals surface area contributed by atoms with Crippen LogP contribution in [0.1, 0.15) is 19.3 Å². The highest BCUT2D eigenvalue weighted by molar-refractivity contribution is 6.07. The Balaban J connectivity index is 2.40. The van der Waals surface area contributed by atoms with Crippen LogP contribution in [0.5, 0.6) is 0 Å². The van der Waals surface area contributed by atoms with Crippen molar-refractivity contribution < 1.29 is 14.3 Å². The highest BCUT2D eigenvalue weighted by atomic mass is 16.5. The summed E-state index contributed by atoms with van der Waals surface area (Å²) in [6, 6.07) is 0. The van der Waals surface area contributed by atoms with Crippen molar-refractivity contribution >= 4 is 11.8 Å². The number of hydrogen-bond donors (Lipinski definition) is 0. The molecule has 0 atom stereocenters. The van der Waals surface area contributed by atoms with Gasteiger partial charge in [0.05, 0.1) is 0 Å². The number of ether oxygens (including phenoxy) is 1. The summed E-state index contributed by atoms with van der Waals surface area (Å²) in [5.74, 6) is -0.190. The molecule has 0 amide bonds. The molecule has 1 aliphatic carbocycles. The van der Waals surface area contributed by atoms with Gasteiger partial charge >= 0.3 is 5.97 Å². The number of cyclic esters (lactones) is 1. The monoisotopic (exact) mass is 152 g/mol. The fraction of sp³-hybridized carbons (Fsp3) is 0.500. The van der Waals surface area contributed by atoms with Gasteiger partial charge in [0, 0.05) is 17.6 Å². The second kappa shape index (κ2) is 2.19. The van der Waals surface area contributed by atoms with Crippen molar-refractivity contribution in [3.8, 4) is 0 Å². The zero-order chi connectivity index (χ0) is 7.84. The van der Waals surface area contributed by atoms with Crippen LogP contribution in [0.2, 0.25) is 0 Å². The zero-order valence-corrected chi connectivity index (χ0v) is 6.05. The van der Waals surface area contributed by atoms with Gasteiger partial charge in [0.1, 0.15) is 6.61 Å². The zero-order valence-electron chi connectivity index (χ0n) is 6.05. The van der Waals surface area contributed by atoms with Gasteiger partial charge in [-0.25, -0.2) is 4.79 Å². The molecule has 2 rings (SSSR count). The van der Waals surface area contributed by atoms with E-state index in [0.717, 1.165) is 12.8 Å². The number of rotatable bonds is 0. The number of Topliss-reactive ketones (excluding diaryl/α,β-unsaturated/α-hetero) is 1. The van der Waals surface area contributed by atoms with Crippen LogP contribution >= 0.6 is 0 Å². The summed E-state index contributed by atoms with van der Waals surface area (Å²) in [4.78, 5) is 22.1. The number of esters is 1. The first kappa shape index (κ1) is 6.58. The van der Waals surface area contributed by atoms with E-state index in [1.54, 1.807) is 0 Å². The minimum absolute atomic E-state index is 0.0945. The topological polar surface area (TPSA) is 43.4 Å². The Morgan fingerprint density at radius 1 is 1.09 bits per heavy atom. The van der Waals surface area contributed by atoms with Crippen LogP contribution < -0.4 is 0 Å². The fourth-order valence-electron chi connectivity index (χ4n) is 1.51. The first-order valence-corrected chi connectivity index (χ1v) is 3.71. The van der Waals surface area contributed by atoms with Crippen molar-refractivity contribution in [1.82, 2.24) is 0 Å². The van der Waals surface area contributed by atoms with Crippen molar-refractivity contribution in [3.63, 3.8) is 0 Å². The molecule has 2 aliphatic rings. The molecule has 0 aromatic carbocycles. The van der Waals surface area contributed by atoms with Gasteiger partial charge < -0.3 is 4.74 Å². The van der Waals surface area contributed by atoms with Gasteiger partial charge in [-0.2, -0.15) is 0 Å². The molecule has 0 aromatic rings. The molecule has 0 fully saturated rings. The average Bonchev–Trinajstić information content (AvgIpc) is 2.35. The molecule has 3 heteroatoms. The van der Waals surface area contributed by atoms with Crippen LogP contribution in [0.15, 0.2) is 11.1 Å². The lowest BCUT2D eigenvalue weighted by Crippen LogP contribution is -2.11. The number of carbonyl (C=O) groups excluding carboxylic acids is 2. The van der Waals surface area contributed by atoms with E-state index in [4.69, 9.17) is 4.74 Å². The minimum atomic E-state index is -0.284. The van der Waals surface area contributed by atoms with Gasteiger partial charge in [0.25, 0.3) is 0 Å². The van der Waals surface area contributed by atoms with Gasteiger partial charge in [0.2, 0.25) is 0 Å². The Morgan fingerprint density at radius 2 is 1.91 bits per heavy atom.